The average Bonchev–Trinajstić information content (AvgIpc) is 2.40. The van der Waals surface area contributed by atoms with Crippen molar-refractivity contribution in [1.82, 2.24) is 0 Å². The molecule has 1 aromatic carbocycles. The van der Waals surface area contributed by atoms with Crippen molar-refractivity contribution in [2.45, 2.75) is 39.2 Å². The van der Waals surface area contributed by atoms with Crippen LogP contribution in [0.5, 0.6) is 5.75 Å². The number of benzene rings is 1. The van der Waals surface area contributed by atoms with Crippen molar-refractivity contribution in [1.29, 1.82) is 0 Å². The molecule has 0 aliphatic carbocycles. The van der Waals surface area contributed by atoms with Gasteiger partial charge >= 0.3 is 5.97 Å². The van der Waals surface area contributed by atoms with E-state index in [4.69, 9.17) is 10.5 Å². The van der Waals surface area contributed by atoms with Crippen molar-refractivity contribution in [3.8, 4) is 5.75 Å². The minimum Gasteiger partial charge on any atom is -0.426 e. The van der Waals surface area contributed by atoms with Crippen LogP contribution in [0, 0.1) is 5.92 Å². The van der Waals surface area contributed by atoms with Gasteiger partial charge in [0.25, 0.3) is 0 Å². The SMILES string of the molecule is CCC(CC)C(=O)Oc1cccc([C@H](O)CCN)c1. The molecule has 0 spiro atoms. The number of carbonyl (C=O) groups is 1. The molecule has 3 N–H and O–H groups in total. The molecule has 106 valence electrons. The highest BCUT2D eigenvalue weighted by Crippen LogP contribution is 2.22. The number of nitrogens with two attached hydrogens (primary N) is 1. The minimum absolute atomic E-state index is 0.0716. The van der Waals surface area contributed by atoms with Crippen molar-refractivity contribution < 1.29 is 14.6 Å². The first-order valence-electron chi connectivity index (χ1n) is 6.82. The van der Waals surface area contributed by atoms with E-state index >= 15 is 0 Å². The third-order valence-corrected chi connectivity index (χ3v) is 3.22. The van der Waals surface area contributed by atoms with Crippen LogP contribution in [0.4, 0.5) is 0 Å². The minimum atomic E-state index is -0.614. The van der Waals surface area contributed by atoms with Crippen LogP contribution in [0.15, 0.2) is 24.3 Å². The van der Waals surface area contributed by atoms with E-state index in [0.29, 0.717) is 18.7 Å². The van der Waals surface area contributed by atoms with Gasteiger partial charge in [0.15, 0.2) is 0 Å². The maximum Gasteiger partial charge on any atom is 0.314 e. The van der Waals surface area contributed by atoms with E-state index in [-0.39, 0.29) is 11.9 Å². The summed E-state index contributed by atoms with van der Waals surface area (Å²) in [4.78, 5) is 11.9. The Hall–Kier alpha value is -1.39. The summed E-state index contributed by atoms with van der Waals surface area (Å²) in [7, 11) is 0. The largest absolute Gasteiger partial charge is 0.426 e. The molecule has 1 atom stereocenters. The summed E-state index contributed by atoms with van der Waals surface area (Å²) in [6, 6.07) is 6.99. The fraction of sp³-hybridized carbons (Fsp3) is 0.533. The normalized spacial score (nSPS) is 12.5. The molecule has 0 unspecified atom stereocenters. The first kappa shape index (κ1) is 15.7. The lowest BCUT2D eigenvalue weighted by molar-refractivity contribution is -0.139. The molecule has 0 fully saturated rings. The van der Waals surface area contributed by atoms with E-state index in [2.05, 4.69) is 0 Å². The molecule has 19 heavy (non-hydrogen) atoms. The second-order valence-corrected chi connectivity index (χ2v) is 4.60. The third-order valence-electron chi connectivity index (χ3n) is 3.22. The summed E-state index contributed by atoms with van der Waals surface area (Å²) in [5.41, 5.74) is 6.14. The van der Waals surface area contributed by atoms with Crippen molar-refractivity contribution in [2.24, 2.45) is 11.7 Å². The van der Waals surface area contributed by atoms with Gasteiger partial charge in [0.05, 0.1) is 12.0 Å². The van der Waals surface area contributed by atoms with Crippen LogP contribution in [0.1, 0.15) is 44.8 Å². The highest BCUT2D eigenvalue weighted by atomic mass is 16.5. The number of carbonyl (C=O) groups excluding carboxylic acids is 1. The van der Waals surface area contributed by atoms with Crippen molar-refractivity contribution in [3.05, 3.63) is 29.8 Å². The lowest BCUT2D eigenvalue weighted by Gasteiger charge is -2.14. The molecule has 1 rings (SSSR count). The van der Waals surface area contributed by atoms with E-state index < -0.39 is 6.10 Å². The fourth-order valence-electron chi connectivity index (χ4n) is 1.93. The molecule has 4 heteroatoms. The lowest BCUT2D eigenvalue weighted by atomic mass is 10.0. The fourth-order valence-corrected chi connectivity index (χ4v) is 1.93. The second-order valence-electron chi connectivity index (χ2n) is 4.60. The molecule has 0 bridgehead atoms. The van der Waals surface area contributed by atoms with Gasteiger partial charge in [-0.3, -0.25) is 4.79 Å². The van der Waals surface area contributed by atoms with Gasteiger partial charge in [-0.2, -0.15) is 0 Å². The number of aliphatic hydroxyl groups excluding tert-OH is 1. The molecule has 0 saturated carbocycles. The number of ether oxygens (including phenoxy) is 1. The predicted molar refractivity (Wildman–Crippen MR) is 74.8 cm³/mol. The van der Waals surface area contributed by atoms with Gasteiger partial charge in [-0.05, 0) is 43.5 Å². The maximum absolute atomic E-state index is 11.9. The van der Waals surface area contributed by atoms with Gasteiger partial charge in [-0.1, -0.05) is 26.0 Å². The van der Waals surface area contributed by atoms with Gasteiger partial charge in [-0.25, -0.2) is 0 Å². The van der Waals surface area contributed by atoms with Gasteiger partial charge in [0, 0.05) is 0 Å². The zero-order valence-corrected chi connectivity index (χ0v) is 11.6. The quantitative estimate of drug-likeness (QED) is 0.586. The summed E-state index contributed by atoms with van der Waals surface area (Å²) in [6.07, 6.45) is 1.41. The van der Waals surface area contributed by atoms with Crippen LogP contribution in [-0.2, 0) is 4.79 Å². The number of esters is 1. The monoisotopic (exact) mass is 265 g/mol. The molecule has 4 nitrogen and oxygen atoms in total. The van der Waals surface area contributed by atoms with Crippen LogP contribution in [0.2, 0.25) is 0 Å². The van der Waals surface area contributed by atoms with Crippen molar-refractivity contribution >= 4 is 5.97 Å². The molecule has 0 heterocycles. The summed E-state index contributed by atoms with van der Waals surface area (Å²) in [5, 5.41) is 9.86. The highest BCUT2D eigenvalue weighted by molar-refractivity contribution is 5.75. The molecular formula is C15H23NO3. The van der Waals surface area contributed by atoms with E-state index in [9.17, 15) is 9.90 Å². The lowest BCUT2D eigenvalue weighted by Crippen LogP contribution is -2.19. The van der Waals surface area contributed by atoms with Crippen LogP contribution in [-0.4, -0.2) is 17.6 Å². The van der Waals surface area contributed by atoms with Gasteiger partial charge in [0.1, 0.15) is 5.75 Å². The zero-order valence-electron chi connectivity index (χ0n) is 11.6. The van der Waals surface area contributed by atoms with Crippen LogP contribution in [0.3, 0.4) is 0 Å². The van der Waals surface area contributed by atoms with Crippen LogP contribution < -0.4 is 10.5 Å². The van der Waals surface area contributed by atoms with Crippen molar-refractivity contribution in [2.75, 3.05) is 6.54 Å². The standard InChI is InChI=1S/C15H23NO3/c1-3-11(4-2)15(18)19-13-7-5-6-12(10-13)14(17)8-9-16/h5-7,10-11,14,17H,3-4,8-9,16H2,1-2H3/t14-/m1/s1. The second kappa shape index (κ2) is 7.92. The Morgan fingerprint density at radius 3 is 2.63 bits per heavy atom. The third kappa shape index (κ3) is 4.65. The molecule has 0 amide bonds. The molecular weight excluding hydrogens is 242 g/mol. The van der Waals surface area contributed by atoms with E-state index in [1.165, 1.54) is 0 Å². The van der Waals surface area contributed by atoms with Gasteiger partial charge in [-0.15, -0.1) is 0 Å². The van der Waals surface area contributed by atoms with Crippen molar-refractivity contribution in [3.63, 3.8) is 0 Å². The van der Waals surface area contributed by atoms with E-state index in [1.807, 2.05) is 13.8 Å². The Morgan fingerprint density at radius 2 is 2.05 bits per heavy atom. The molecule has 1 aromatic rings. The first-order chi connectivity index (χ1) is 9.12. The highest BCUT2D eigenvalue weighted by Gasteiger charge is 2.17. The zero-order chi connectivity index (χ0) is 14.3. The molecule has 0 aromatic heterocycles. The Bertz CT molecular complexity index is 402. The molecule has 0 aliphatic rings. The predicted octanol–water partition coefficient (Wildman–Crippen LogP) is 2.41. The topological polar surface area (TPSA) is 72.5 Å². The molecule has 0 radical (unpaired) electrons. The Labute approximate surface area is 114 Å². The van der Waals surface area contributed by atoms with E-state index in [0.717, 1.165) is 18.4 Å². The molecule has 0 aliphatic heterocycles. The number of hydrogen-bond donors (Lipinski definition) is 2. The molecule has 0 saturated heterocycles. The van der Waals surface area contributed by atoms with Gasteiger partial charge < -0.3 is 15.6 Å². The van der Waals surface area contributed by atoms with Crippen LogP contribution >= 0.6 is 0 Å². The number of rotatable bonds is 7. The summed E-state index contributed by atoms with van der Waals surface area (Å²) in [5.74, 6) is 0.193. The van der Waals surface area contributed by atoms with E-state index in [1.54, 1.807) is 24.3 Å². The summed E-state index contributed by atoms with van der Waals surface area (Å²) < 4.78 is 5.35. The smallest absolute Gasteiger partial charge is 0.314 e. The summed E-state index contributed by atoms with van der Waals surface area (Å²) in [6.45, 7) is 4.35. The van der Waals surface area contributed by atoms with Crippen LogP contribution in [0.25, 0.3) is 0 Å². The average molecular weight is 265 g/mol. The first-order valence-corrected chi connectivity index (χ1v) is 6.82. The Morgan fingerprint density at radius 1 is 1.37 bits per heavy atom. The number of aliphatic hydroxyl groups is 1. The summed E-state index contributed by atoms with van der Waals surface area (Å²) >= 11 is 0. The maximum atomic E-state index is 11.9. The Kier molecular flexibility index (Phi) is 6.53. The Balaban J connectivity index is 2.74. The van der Waals surface area contributed by atoms with Gasteiger partial charge in [0.2, 0.25) is 0 Å². The number of hydrogen-bond acceptors (Lipinski definition) is 4.